The van der Waals surface area contributed by atoms with Gasteiger partial charge in [0.05, 0.1) is 28.4 Å². The summed E-state index contributed by atoms with van der Waals surface area (Å²) in [5, 5.41) is 10.1. The number of carbonyl (C=O) groups is 1. The summed E-state index contributed by atoms with van der Waals surface area (Å²) < 4.78 is 6.38. The van der Waals surface area contributed by atoms with Crippen LogP contribution in [0.3, 0.4) is 0 Å². The number of aromatic nitrogens is 1. The minimum Gasteiger partial charge on any atom is -0.492 e. The molecular formula is C27H33ClN4O3. The van der Waals surface area contributed by atoms with E-state index in [0.717, 1.165) is 36.1 Å². The molecule has 8 heteroatoms. The van der Waals surface area contributed by atoms with Gasteiger partial charge in [0.15, 0.2) is 0 Å². The lowest BCUT2D eigenvalue weighted by molar-refractivity contribution is 0.252. The fourth-order valence-corrected chi connectivity index (χ4v) is 4.93. The molecule has 0 aliphatic carbocycles. The average Bonchev–Trinajstić information content (AvgIpc) is 2.80. The van der Waals surface area contributed by atoms with E-state index < -0.39 is 0 Å². The number of urea groups is 1. The van der Waals surface area contributed by atoms with Crippen LogP contribution in [0, 0.1) is 13.8 Å². The van der Waals surface area contributed by atoms with Crippen molar-refractivity contribution in [3.63, 3.8) is 0 Å². The monoisotopic (exact) mass is 496 g/mol. The molecule has 3 aromatic rings. The summed E-state index contributed by atoms with van der Waals surface area (Å²) in [6, 6.07) is 9.53. The van der Waals surface area contributed by atoms with Gasteiger partial charge in [0, 0.05) is 18.0 Å². The molecule has 0 bridgehead atoms. The number of halogens is 1. The van der Waals surface area contributed by atoms with Crippen molar-refractivity contribution in [3.05, 3.63) is 56.8 Å². The molecule has 1 aliphatic rings. The molecule has 0 spiro atoms. The fourth-order valence-electron chi connectivity index (χ4n) is 4.71. The van der Waals surface area contributed by atoms with Crippen molar-refractivity contribution in [2.45, 2.75) is 52.5 Å². The van der Waals surface area contributed by atoms with Crippen molar-refractivity contribution in [2.75, 3.05) is 25.0 Å². The predicted molar refractivity (Wildman–Crippen MR) is 143 cm³/mol. The predicted octanol–water partition coefficient (Wildman–Crippen LogP) is 5.52. The minimum absolute atomic E-state index is 0.242. The number of H-pyrrole nitrogens is 1. The summed E-state index contributed by atoms with van der Waals surface area (Å²) in [6.45, 7) is 7.85. The third-order valence-electron chi connectivity index (χ3n) is 6.28. The molecule has 2 amide bonds. The van der Waals surface area contributed by atoms with Gasteiger partial charge in [-0.1, -0.05) is 47.3 Å². The molecule has 0 radical (unpaired) electrons. The van der Waals surface area contributed by atoms with E-state index in [9.17, 15) is 9.59 Å². The lowest BCUT2D eigenvalue weighted by Gasteiger charge is -2.24. The number of rotatable bonds is 7. The topological polar surface area (TPSA) is 95.2 Å². The number of carbonyl (C=O) groups excluding carboxylic acids is 1. The Kier molecular flexibility index (Phi) is 7.98. The van der Waals surface area contributed by atoms with Crippen molar-refractivity contribution >= 4 is 34.2 Å². The van der Waals surface area contributed by atoms with Crippen molar-refractivity contribution < 1.29 is 9.53 Å². The SMILES string of the molecule is CCNC(=O)Nc1cc2c(OCCC3CCCCN3)c(-c3cc(C)cc(C)c3)c(=O)[nH]c2cc1Cl. The fraction of sp³-hybridized carbons (Fsp3) is 0.407. The number of benzene rings is 2. The summed E-state index contributed by atoms with van der Waals surface area (Å²) in [5.41, 5.74) is 4.16. The first-order chi connectivity index (χ1) is 16.9. The Bertz CT molecular complexity index is 1260. The number of nitrogens with one attached hydrogen (secondary N) is 4. The Labute approximate surface area is 210 Å². The number of piperidine rings is 1. The van der Waals surface area contributed by atoms with E-state index in [1.807, 2.05) is 32.9 Å². The highest BCUT2D eigenvalue weighted by Gasteiger charge is 2.20. The minimum atomic E-state index is -0.349. The van der Waals surface area contributed by atoms with Gasteiger partial charge in [-0.2, -0.15) is 0 Å². The van der Waals surface area contributed by atoms with Gasteiger partial charge in [0.2, 0.25) is 0 Å². The number of fused-ring (bicyclic) bond motifs is 1. The molecule has 2 heterocycles. The summed E-state index contributed by atoms with van der Waals surface area (Å²) in [6.07, 6.45) is 4.39. The van der Waals surface area contributed by atoms with Crippen LogP contribution in [0.4, 0.5) is 10.5 Å². The number of anilines is 1. The Morgan fingerprint density at radius 2 is 1.91 bits per heavy atom. The molecule has 2 aromatic carbocycles. The maximum absolute atomic E-state index is 13.3. The van der Waals surface area contributed by atoms with Crippen LogP contribution < -0.4 is 26.2 Å². The molecule has 1 unspecified atom stereocenters. The molecule has 7 nitrogen and oxygen atoms in total. The van der Waals surface area contributed by atoms with Crippen LogP contribution in [0.25, 0.3) is 22.0 Å². The number of pyridine rings is 1. The highest BCUT2D eigenvalue weighted by Crippen LogP contribution is 2.38. The molecule has 1 aromatic heterocycles. The van der Waals surface area contributed by atoms with Gasteiger partial charge in [0.1, 0.15) is 5.75 Å². The van der Waals surface area contributed by atoms with Crippen molar-refractivity contribution in [1.29, 1.82) is 0 Å². The van der Waals surface area contributed by atoms with E-state index in [2.05, 4.69) is 27.0 Å². The Hall–Kier alpha value is -3.03. The van der Waals surface area contributed by atoms with Gasteiger partial charge in [-0.05, 0) is 64.3 Å². The Morgan fingerprint density at radius 3 is 2.60 bits per heavy atom. The zero-order valence-corrected chi connectivity index (χ0v) is 21.3. The quantitative estimate of drug-likeness (QED) is 0.346. The van der Waals surface area contributed by atoms with Crippen LogP contribution >= 0.6 is 11.6 Å². The van der Waals surface area contributed by atoms with Crippen LogP contribution in [0.2, 0.25) is 5.02 Å². The van der Waals surface area contributed by atoms with Crippen LogP contribution in [0.15, 0.2) is 35.1 Å². The third kappa shape index (κ3) is 5.97. The zero-order valence-electron chi connectivity index (χ0n) is 20.5. The van der Waals surface area contributed by atoms with Crippen LogP contribution in [0.5, 0.6) is 5.75 Å². The van der Waals surface area contributed by atoms with Crippen LogP contribution in [-0.2, 0) is 0 Å². The average molecular weight is 497 g/mol. The number of aryl methyl sites for hydroxylation is 2. The first kappa shape index (κ1) is 25.1. The third-order valence-corrected chi connectivity index (χ3v) is 6.59. The molecule has 186 valence electrons. The van der Waals surface area contributed by atoms with Gasteiger partial charge in [0.25, 0.3) is 5.56 Å². The molecule has 1 saturated heterocycles. The molecular weight excluding hydrogens is 464 g/mol. The maximum atomic E-state index is 13.3. The lowest BCUT2D eigenvalue weighted by Crippen LogP contribution is -2.35. The Morgan fingerprint density at radius 1 is 1.14 bits per heavy atom. The Balaban J connectivity index is 1.81. The number of amides is 2. The second-order valence-electron chi connectivity index (χ2n) is 9.18. The molecule has 4 rings (SSSR count). The molecule has 0 saturated carbocycles. The van der Waals surface area contributed by atoms with Crippen molar-refractivity contribution in [2.24, 2.45) is 0 Å². The summed E-state index contributed by atoms with van der Waals surface area (Å²) in [5.74, 6) is 0.500. The largest absolute Gasteiger partial charge is 0.492 e. The second kappa shape index (κ2) is 11.1. The van der Waals surface area contributed by atoms with E-state index in [0.29, 0.717) is 52.1 Å². The van der Waals surface area contributed by atoms with Gasteiger partial charge >= 0.3 is 6.03 Å². The number of aromatic amines is 1. The van der Waals surface area contributed by atoms with Crippen LogP contribution in [0.1, 0.15) is 43.7 Å². The summed E-state index contributed by atoms with van der Waals surface area (Å²) in [4.78, 5) is 28.5. The van der Waals surface area contributed by atoms with Crippen molar-refractivity contribution in [3.8, 4) is 16.9 Å². The van der Waals surface area contributed by atoms with E-state index in [1.54, 1.807) is 12.1 Å². The summed E-state index contributed by atoms with van der Waals surface area (Å²) in [7, 11) is 0. The van der Waals surface area contributed by atoms with Crippen molar-refractivity contribution in [1.82, 2.24) is 15.6 Å². The normalized spacial score (nSPS) is 15.7. The molecule has 1 atom stereocenters. The lowest BCUT2D eigenvalue weighted by atomic mass is 9.99. The highest BCUT2D eigenvalue weighted by molar-refractivity contribution is 6.34. The zero-order chi connectivity index (χ0) is 24.9. The molecule has 1 fully saturated rings. The second-order valence-corrected chi connectivity index (χ2v) is 9.59. The van der Waals surface area contributed by atoms with Gasteiger partial charge in [-0.3, -0.25) is 4.79 Å². The number of ether oxygens (including phenoxy) is 1. The number of hydrogen-bond donors (Lipinski definition) is 4. The van der Waals surface area contributed by atoms with Gasteiger partial charge in [-0.25, -0.2) is 4.79 Å². The number of hydrogen-bond acceptors (Lipinski definition) is 4. The van der Waals surface area contributed by atoms with E-state index in [-0.39, 0.29) is 11.6 Å². The van der Waals surface area contributed by atoms with E-state index >= 15 is 0 Å². The standard InChI is InChI=1S/C27H33ClN4O3/c1-4-29-27(34)32-23-14-20-22(15-21(23)28)31-26(33)24(18-12-16(2)11-17(3)13-18)25(20)35-10-8-19-7-5-6-9-30-19/h11-15,19,30H,4-10H2,1-3H3,(H,31,33)(H2,29,32,34). The van der Waals surface area contributed by atoms with E-state index in [4.69, 9.17) is 16.3 Å². The van der Waals surface area contributed by atoms with Crippen LogP contribution in [-0.4, -0.2) is 36.8 Å². The molecule has 4 N–H and O–H groups in total. The van der Waals surface area contributed by atoms with Gasteiger partial charge < -0.3 is 25.7 Å². The maximum Gasteiger partial charge on any atom is 0.319 e. The van der Waals surface area contributed by atoms with Gasteiger partial charge in [-0.15, -0.1) is 0 Å². The molecule has 1 aliphatic heterocycles. The first-order valence-corrected chi connectivity index (χ1v) is 12.6. The smallest absolute Gasteiger partial charge is 0.319 e. The summed E-state index contributed by atoms with van der Waals surface area (Å²) >= 11 is 6.44. The first-order valence-electron chi connectivity index (χ1n) is 12.2. The highest BCUT2D eigenvalue weighted by atomic mass is 35.5. The molecule has 35 heavy (non-hydrogen) atoms. The van der Waals surface area contributed by atoms with E-state index in [1.165, 1.54) is 12.8 Å².